The van der Waals surface area contributed by atoms with E-state index in [1.807, 2.05) is 65.6 Å². The van der Waals surface area contributed by atoms with E-state index in [-0.39, 0.29) is 18.0 Å². The molecule has 0 spiro atoms. The molecule has 1 heterocycles. The van der Waals surface area contributed by atoms with Crippen LogP contribution in [-0.4, -0.2) is 29.9 Å². The summed E-state index contributed by atoms with van der Waals surface area (Å²) in [6.45, 7) is 1.25. The lowest BCUT2D eigenvalue weighted by atomic mass is 10.1. The number of rotatable bonds is 5. The summed E-state index contributed by atoms with van der Waals surface area (Å²) in [6, 6.07) is 18.5. The summed E-state index contributed by atoms with van der Waals surface area (Å²) in [5, 5.41) is 5.81. The summed E-state index contributed by atoms with van der Waals surface area (Å²) in [5.41, 5.74) is 1.72. The Bertz CT molecular complexity index is 688. The molecule has 5 nitrogen and oxygen atoms in total. The summed E-state index contributed by atoms with van der Waals surface area (Å²) in [6.07, 6.45) is 1.48. The Kier molecular flexibility index (Phi) is 5.11. The van der Waals surface area contributed by atoms with Gasteiger partial charge in [-0.15, -0.1) is 0 Å². The highest BCUT2D eigenvalue weighted by molar-refractivity contribution is 5.89. The molecule has 5 heteroatoms. The lowest BCUT2D eigenvalue weighted by molar-refractivity contribution is -0.128. The number of likely N-dealkylation sites (tertiary alicyclic amines) is 1. The molecule has 1 fully saturated rings. The number of nitrogens with zero attached hydrogens (tertiary/aromatic N) is 1. The van der Waals surface area contributed by atoms with Crippen LogP contribution in [0.4, 0.5) is 10.5 Å². The van der Waals surface area contributed by atoms with E-state index >= 15 is 0 Å². The predicted octanol–water partition coefficient (Wildman–Crippen LogP) is 3.17. The van der Waals surface area contributed by atoms with E-state index in [0.29, 0.717) is 13.0 Å². The van der Waals surface area contributed by atoms with E-state index in [9.17, 15) is 9.59 Å². The van der Waals surface area contributed by atoms with Crippen LogP contribution in [0.1, 0.15) is 24.4 Å². The summed E-state index contributed by atoms with van der Waals surface area (Å²) < 4.78 is 0. The van der Waals surface area contributed by atoms with Gasteiger partial charge in [0.2, 0.25) is 5.91 Å². The predicted molar refractivity (Wildman–Crippen MR) is 93.6 cm³/mol. The molecule has 0 bridgehead atoms. The number of carbonyl (C=O) groups excluding carboxylic acids is 2. The molecule has 2 N–H and O–H groups in total. The Balaban J connectivity index is 1.69. The Morgan fingerprint density at radius 2 is 1.71 bits per heavy atom. The van der Waals surface area contributed by atoms with E-state index in [4.69, 9.17) is 0 Å². The molecule has 124 valence electrons. The highest BCUT2D eigenvalue weighted by atomic mass is 16.2. The van der Waals surface area contributed by atoms with Gasteiger partial charge in [-0.3, -0.25) is 4.79 Å². The molecule has 24 heavy (non-hydrogen) atoms. The third-order valence-corrected chi connectivity index (χ3v) is 4.11. The molecular formula is C19H21N3O2. The first kappa shape index (κ1) is 16.1. The van der Waals surface area contributed by atoms with Gasteiger partial charge in [0.25, 0.3) is 0 Å². The van der Waals surface area contributed by atoms with Crippen LogP contribution in [0.3, 0.4) is 0 Å². The molecular weight excluding hydrogens is 302 g/mol. The maximum absolute atomic E-state index is 12.3. The molecule has 2 aromatic rings. The van der Waals surface area contributed by atoms with Crippen molar-refractivity contribution < 1.29 is 9.59 Å². The minimum Gasteiger partial charge on any atom is -0.340 e. The third kappa shape index (κ3) is 4.13. The monoisotopic (exact) mass is 323 g/mol. The van der Waals surface area contributed by atoms with Crippen molar-refractivity contribution in [1.82, 2.24) is 10.2 Å². The molecule has 0 radical (unpaired) electrons. The first-order valence-corrected chi connectivity index (χ1v) is 8.17. The molecule has 2 aromatic carbocycles. The zero-order valence-electron chi connectivity index (χ0n) is 13.4. The van der Waals surface area contributed by atoms with Gasteiger partial charge in [-0.05, 0) is 24.1 Å². The van der Waals surface area contributed by atoms with Crippen molar-refractivity contribution in [2.75, 3.05) is 18.4 Å². The van der Waals surface area contributed by atoms with Gasteiger partial charge in [0.15, 0.2) is 0 Å². The molecule has 1 aliphatic rings. The van der Waals surface area contributed by atoms with Crippen molar-refractivity contribution in [3.63, 3.8) is 0 Å². The van der Waals surface area contributed by atoms with Crippen molar-refractivity contribution in [1.29, 1.82) is 0 Å². The molecule has 1 unspecified atom stereocenters. The number of urea groups is 1. The number of hydrogen-bond acceptors (Lipinski definition) is 2. The van der Waals surface area contributed by atoms with Gasteiger partial charge in [0.05, 0.1) is 6.04 Å². The molecule has 1 atom stereocenters. The third-order valence-electron chi connectivity index (χ3n) is 4.11. The van der Waals surface area contributed by atoms with Gasteiger partial charge in [0, 0.05) is 25.2 Å². The summed E-state index contributed by atoms with van der Waals surface area (Å²) in [4.78, 5) is 26.1. The van der Waals surface area contributed by atoms with E-state index in [2.05, 4.69) is 10.6 Å². The fraction of sp³-hybridized carbons (Fsp3) is 0.263. The number of para-hydroxylation sites is 1. The first-order chi connectivity index (χ1) is 11.7. The maximum atomic E-state index is 12.3. The minimum atomic E-state index is -0.276. The van der Waals surface area contributed by atoms with Crippen LogP contribution >= 0.6 is 0 Å². The van der Waals surface area contributed by atoms with E-state index < -0.39 is 0 Å². The largest absolute Gasteiger partial charge is 0.340 e. The molecule has 3 amide bonds. The number of benzene rings is 2. The van der Waals surface area contributed by atoms with E-state index in [1.54, 1.807) is 0 Å². The lowest BCUT2D eigenvalue weighted by Gasteiger charge is -2.25. The van der Waals surface area contributed by atoms with Crippen molar-refractivity contribution in [2.45, 2.75) is 18.9 Å². The number of amides is 3. The molecule has 1 saturated heterocycles. The smallest absolute Gasteiger partial charge is 0.319 e. The number of hydrogen-bond donors (Lipinski definition) is 2. The number of anilines is 1. The molecule has 1 aliphatic heterocycles. The molecule has 0 aromatic heterocycles. The average molecular weight is 323 g/mol. The fourth-order valence-electron chi connectivity index (χ4n) is 2.88. The van der Waals surface area contributed by atoms with Crippen LogP contribution in [-0.2, 0) is 4.79 Å². The van der Waals surface area contributed by atoms with Crippen molar-refractivity contribution in [3.05, 3.63) is 66.2 Å². The summed E-state index contributed by atoms with van der Waals surface area (Å²) in [7, 11) is 0. The van der Waals surface area contributed by atoms with Gasteiger partial charge >= 0.3 is 6.03 Å². The standard InChI is InChI=1S/C19H21N3O2/c23-18-12-7-13-22(18)14-17(15-8-3-1-4-9-15)21-19(24)20-16-10-5-2-6-11-16/h1-6,8-11,17H,7,12-14H2,(H2,20,21,24). The zero-order valence-corrected chi connectivity index (χ0v) is 13.4. The van der Waals surface area contributed by atoms with Crippen LogP contribution in [0.5, 0.6) is 0 Å². The molecule has 0 saturated carbocycles. The molecule has 3 rings (SSSR count). The first-order valence-electron chi connectivity index (χ1n) is 8.17. The van der Waals surface area contributed by atoms with E-state index in [0.717, 1.165) is 24.2 Å². The highest BCUT2D eigenvalue weighted by Gasteiger charge is 2.25. The average Bonchev–Trinajstić information content (AvgIpc) is 3.01. The second kappa shape index (κ2) is 7.64. The van der Waals surface area contributed by atoms with Crippen molar-refractivity contribution in [3.8, 4) is 0 Å². The highest BCUT2D eigenvalue weighted by Crippen LogP contribution is 2.19. The van der Waals surface area contributed by atoms with Gasteiger partial charge in [-0.25, -0.2) is 4.79 Å². The van der Waals surface area contributed by atoms with Crippen LogP contribution in [0, 0.1) is 0 Å². The second-order valence-corrected chi connectivity index (χ2v) is 5.87. The lowest BCUT2D eigenvalue weighted by Crippen LogP contribution is -2.40. The normalized spacial score (nSPS) is 15.2. The zero-order chi connectivity index (χ0) is 16.8. The minimum absolute atomic E-state index is 0.154. The topological polar surface area (TPSA) is 61.4 Å². The maximum Gasteiger partial charge on any atom is 0.319 e. The summed E-state index contributed by atoms with van der Waals surface area (Å²) >= 11 is 0. The summed E-state index contributed by atoms with van der Waals surface area (Å²) in [5.74, 6) is 0.154. The van der Waals surface area contributed by atoms with Gasteiger partial charge in [0.1, 0.15) is 0 Å². The second-order valence-electron chi connectivity index (χ2n) is 5.87. The Morgan fingerprint density at radius 1 is 1.04 bits per heavy atom. The number of nitrogens with one attached hydrogen (secondary N) is 2. The Labute approximate surface area is 141 Å². The van der Waals surface area contributed by atoms with Crippen LogP contribution in [0.15, 0.2) is 60.7 Å². The van der Waals surface area contributed by atoms with E-state index in [1.165, 1.54) is 0 Å². The number of carbonyl (C=O) groups is 2. The van der Waals surface area contributed by atoms with Crippen molar-refractivity contribution in [2.24, 2.45) is 0 Å². The van der Waals surface area contributed by atoms with Gasteiger partial charge < -0.3 is 15.5 Å². The van der Waals surface area contributed by atoms with Crippen LogP contribution < -0.4 is 10.6 Å². The van der Waals surface area contributed by atoms with Gasteiger partial charge in [-0.1, -0.05) is 48.5 Å². The quantitative estimate of drug-likeness (QED) is 0.888. The Morgan fingerprint density at radius 3 is 2.33 bits per heavy atom. The molecule has 0 aliphatic carbocycles. The van der Waals surface area contributed by atoms with Crippen molar-refractivity contribution >= 4 is 17.6 Å². The van der Waals surface area contributed by atoms with Gasteiger partial charge in [-0.2, -0.15) is 0 Å². The van der Waals surface area contributed by atoms with Crippen LogP contribution in [0.25, 0.3) is 0 Å². The van der Waals surface area contributed by atoms with Crippen LogP contribution in [0.2, 0.25) is 0 Å². The SMILES string of the molecule is O=C(Nc1ccccc1)NC(CN1CCCC1=O)c1ccccc1. The fourth-order valence-corrected chi connectivity index (χ4v) is 2.88. The Hall–Kier alpha value is -2.82.